The van der Waals surface area contributed by atoms with E-state index in [2.05, 4.69) is 4.40 Å². The fourth-order valence-corrected chi connectivity index (χ4v) is 0.753. The average Bonchev–Trinajstić information content (AvgIpc) is 1.77. The summed E-state index contributed by atoms with van der Waals surface area (Å²) < 4.78 is 3.40. The zero-order valence-electron chi connectivity index (χ0n) is 3.88. The van der Waals surface area contributed by atoms with Crippen LogP contribution in [-0.4, -0.2) is 23.5 Å². The van der Waals surface area contributed by atoms with Crippen molar-refractivity contribution in [2.75, 3.05) is 5.75 Å². The summed E-state index contributed by atoms with van der Waals surface area (Å²) in [6, 6.07) is 0. The minimum Gasteiger partial charge on any atom is -0.289 e. The second kappa shape index (κ2) is 2.09. The molecule has 1 heterocycles. The Morgan fingerprint density at radius 3 is 2.75 bits per heavy atom. The Hall–Kier alpha value is -0.640. The number of hydrogen-bond acceptors (Lipinski definition) is 4. The van der Waals surface area contributed by atoms with Crippen molar-refractivity contribution >= 4 is 29.7 Å². The van der Waals surface area contributed by atoms with Crippen molar-refractivity contribution in [2.45, 2.75) is 0 Å². The highest BCUT2D eigenvalue weighted by molar-refractivity contribution is 7.99. The highest BCUT2D eigenvalue weighted by Gasteiger charge is 2.15. The van der Waals surface area contributed by atoms with Crippen molar-refractivity contribution in [1.29, 1.82) is 0 Å². The van der Waals surface area contributed by atoms with Crippen molar-refractivity contribution in [3.8, 4) is 0 Å². The summed E-state index contributed by atoms with van der Waals surface area (Å²) >= 11 is 1.05. The molecule has 0 bridgehead atoms. The van der Waals surface area contributed by atoms with E-state index in [1.807, 2.05) is 6.21 Å². The monoisotopic (exact) mass is 128 g/mol. The summed E-state index contributed by atoms with van der Waals surface area (Å²) in [4.78, 5) is 20.5. The lowest BCUT2D eigenvalue weighted by molar-refractivity contribution is -0.131. The molecule has 0 spiro atoms. The van der Waals surface area contributed by atoms with Crippen LogP contribution in [0.3, 0.4) is 0 Å². The fraction of sp³-hybridized carbons (Fsp3) is 0.250. The van der Waals surface area contributed by atoms with Gasteiger partial charge in [0, 0.05) is 0 Å². The molecule has 0 saturated carbocycles. The Morgan fingerprint density at radius 1 is 1.62 bits per heavy atom. The van der Waals surface area contributed by atoms with Crippen molar-refractivity contribution in [1.82, 2.24) is 0 Å². The van der Waals surface area contributed by atoms with Crippen molar-refractivity contribution < 1.29 is 9.59 Å². The average molecular weight is 128 g/mol. The van der Waals surface area contributed by atoms with E-state index in [9.17, 15) is 9.59 Å². The lowest BCUT2D eigenvalue weighted by Gasteiger charge is -1.94. The predicted molar refractivity (Wildman–Crippen MR) is 29.9 cm³/mol. The highest BCUT2D eigenvalue weighted by atomic mass is 32.2. The van der Waals surface area contributed by atoms with Gasteiger partial charge in [-0.15, -0.1) is 0 Å². The van der Waals surface area contributed by atoms with Crippen LogP contribution >= 0.6 is 11.9 Å². The number of carbonyl (C=O) groups is 2. The maximum absolute atomic E-state index is 10.3. The number of rotatable bonds is 0. The molecule has 8 heavy (non-hydrogen) atoms. The van der Waals surface area contributed by atoms with Gasteiger partial charge in [0.2, 0.25) is 5.78 Å². The first kappa shape index (κ1) is 5.50. The Balaban J connectivity index is 2.75. The molecule has 0 fully saturated rings. The van der Waals surface area contributed by atoms with E-state index in [4.69, 9.17) is 0 Å². The second-order valence-corrected chi connectivity index (χ2v) is 1.96. The first-order valence-electron chi connectivity index (χ1n) is 1.96. The molecule has 1 aliphatic heterocycles. The zero-order chi connectivity index (χ0) is 5.98. The van der Waals surface area contributed by atoms with Gasteiger partial charge in [-0.25, -0.2) is 4.40 Å². The summed E-state index contributed by atoms with van der Waals surface area (Å²) in [5.74, 6) is -0.847. The van der Waals surface area contributed by atoms with Crippen molar-refractivity contribution in [2.24, 2.45) is 4.40 Å². The molecule has 0 N–H and O–H groups in total. The number of carbonyl (C=O) groups excluding carboxylic acids is 2. The molecule has 1 aliphatic rings. The van der Waals surface area contributed by atoms with Crippen LogP contribution in [0.5, 0.6) is 0 Å². The fourth-order valence-electron chi connectivity index (χ4n) is 0.293. The third-order valence-corrected chi connectivity index (χ3v) is 1.27. The molecular formula is C4H2NO2S. The van der Waals surface area contributed by atoms with Gasteiger partial charge in [-0.3, -0.25) is 9.59 Å². The number of Topliss-reactive ketones (excluding diaryl/α,β-unsaturated/α-hetero) is 2. The van der Waals surface area contributed by atoms with E-state index in [1.165, 1.54) is 0 Å². The number of nitrogens with zero attached hydrogens (tertiary/aromatic N) is 1. The maximum atomic E-state index is 10.3. The Labute approximate surface area is 50.3 Å². The van der Waals surface area contributed by atoms with Gasteiger partial charge >= 0.3 is 0 Å². The van der Waals surface area contributed by atoms with Gasteiger partial charge in [0.15, 0.2) is 6.21 Å². The van der Waals surface area contributed by atoms with E-state index >= 15 is 0 Å². The minimum absolute atomic E-state index is 0.172. The molecule has 1 rings (SSSR count). The van der Waals surface area contributed by atoms with Crippen LogP contribution in [0.25, 0.3) is 0 Å². The van der Waals surface area contributed by atoms with Crippen LogP contribution in [-0.2, 0) is 9.59 Å². The molecule has 0 atom stereocenters. The standard InChI is InChI=1S/C4H2NO2S/c6-3-1-5-8-2-4(3)7/h2H2. The molecule has 0 aromatic rings. The molecular weight excluding hydrogens is 126 g/mol. The molecule has 0 aliphatic carbocycles. The second-order valence-electron chi connectivity index (χ2n) is 1.23. The normalized spacial score (nSPS) is 19.5. The molecule has 0 amide bonds. The Kier molecular flexibility index (Phi) is 1.43. The molecule has 0 aromatic heterocycles. The van der Waals surface area contributed by atoms with Crippen LogP contribution in [0.15, 0.2) is 4.40 Å². The Morgan fingerprint density at radius 2 is 2.38 bits per heavy atom. The van der Waals surface area contributed by atoms with Gasteiger partial charge in [0.1, 0.15) is 0 Å². The quantitative estimate of drug-likeness (QED) is 0.333. The molecule has 3 nitrogen and oxygen atoms in total. The van der Waals surface area contributed by atoms with Gasteiger partial charge in [-0.05, 0) is 11.9 Å². The van der Waals surface area contributed by atoms with Gasteiger partial charge in [0.05, 0.1) is 5.75 Å². The SMILES string of the molecule is O=C1[C]=NSCC1=O. The van der Waals surface area contributed by atoms with E-state index in [0.717, 1.165) is 11.9 Å². The van der Waals surface area contributed by atoms with Gasteiger partial charge in [-0.1, -0.05) is 0 Å². The molecule has 0 saturated heterocycles. The smallest absolute Gasteiger partial charge is 0.250 e. The Bertz CT molecular complexity index is 163. The summed E-state index contributed by atoms with van der Waals surface area (Å²) in [6.07, 6.45) is 2.03. The molecule has 1 radical (unpaired) electrons. The van der Waals surface area contributed by atoms with E-state index < -0.39 is 11.6 Å². The largest absolute Gasteiger partial charge is 0.289 e. The third-order valence-electron chi connectivity index (χ3n) is 0.661. The summed E-state index contributed by atoms with van der Waals surface area (Å²) in [5.41, 5.74) is 0. The van der Waals surface area contributed by atoms with Crippen LogP contribution in [0.1, 0.15) is 0 Å². The van der Waals surface area contributed by atoms with Gasteiger partial charge in [0.25, 0.3) is 5.78 Å². The number of ketones is 2. The number of hydrogen-bond donors (Lipinski definition) is 0. The van der Waals surface area contributed by atoms with E-state index in [0.29, 0.717) is 0 Å². The summed E-state index contributed by atoms with van der Waals surface area (Å²) in [6.45, 7) is 0. The molecule has 4 heteroatoms. The predicted octanol–water partition coefficient (Wildman–Crippen LogP) is -0.266. The van der Waals surface area contributed by atoms with Crippen molar-refractivity contribution in [3.63, 3.8) is 0 Å². The first-order chi connectivity index (χ1) is 3.80. The third kappa shape index (κ3) is 0.949. The topological polar surface area (TPSA) is 46.5 Å². The van der Waals surface area contributed by atoms with Crippen molar-refractivity contribution in [3.05, 3.63) is 0 Å². The van der Waals surface area contributed by atoms with Crippen LogP contribution in [0, 0.1) is 0 Å². The lowest BCUT2D eigenvalue weighted by atomic mass is 10.3. The van der Waals surface area contributed by atoms with Crippen LogP contribution in [0.2, 0.25) is 0 Å². The van der Waals surface area contributed by atoms with E-state index in [-0.39, 0.29) is 5.75 Å². The molecule has 41 valence electrons. The zero-order valence-corrected chi connectivity index (χ0v) is 4.70. The molecule has 0 aromatic carbocycles. The lowest BCUT2D eigenvalue weighted by Crippen LogP contribution is -2.19. The summed E-state index contributed by atoms with van der Waals surface area (Å²) in [7, 11) is 0. The van der Waals surface area contributed by atoms with Crippen LogP contribution in [0.4, 0.5) is 0 Å². The summed E-state index contributed by atoms with van der Waals surface area (Å²) in [5, 5.41) is 0. The molecule has 0 unspecified atom stereocenters. The first-order valence-corrected chi connectivity index (χ1v) is 2.90. The highest BCUT2D eigenvalue weighted by Crippen LogP contribution is 2.04. The van der Waals surface area contributed by atoms with Crippen LogP contribution < -0.4 is 0 Å². The van der Waals surface area contributed by atoms with Gasteiger partial charge in [-0.2, -0.15) is 0 Å². The maximum Gasteiger partial charge on any atom is 0.250 e. The minimum atomic E-state index is -0.608. The van der Waals surface area contributed by atoms with Gasteiger partial charge < -0.3 is 0 Å². The van der Waals surface area contributed by atoms with E-state index in [1.54, 1.807) is 0 Å².